The van der Waals surface area contributed by atoms with E-state index in [0.717, 1.165) is 34.9 Å². The maximum Gasteiger partial charge on any atom is 0.416 e. The third kappa shape index (κ3) is 6.65. The van der Waals surface area contributed by atoms with Gasteiger partial charge in [0.1, 0.15) is 0 Å². The number of fused-ring (bicyclic) bond motifs is 1. The molecule has 1 aliphatic rings. The first kappa shape index (κ1) is 28.9. The number of carbonyl (C=O) groups is 1. The predicted octanol–water partition coefficient (Wildman–Crippen LogP) is 9.12. The molecule has 1 fully saturated rings. The first-order chi connectivity index (χ1) is 19.6. The van der Waals surface area contributed by atoms with E-state index in [0.29, 0.717) is 25.1 Å². The number of carboxylic acid groups (broad SMARTS) is 1. The van der Waals surface area contributed by atoms with Crippen LogP contribution in [0.5, 0.6) is 0 Å². The lowest BCUT2D eigenvalue weighted by Gasteiger charge is -2.35. The lowest BCUT2D eigenvalue weighted by Crippen LogP contribution is -2.35. The molecule has 214 valence electrons. The quantitative estimate of drug-likeness (QED) is 0.234. The van der Waals surface area contributed by atoms with Crippen LogP contribution < -0.4 is 0 Å². The molecule has 2 atom stereocenters. The molecule has 0 amide bonds. The van der Waals surface area contributed by atoms with Crippen molar-refractivity contribution < 1.29 is 23.1 Å². The summed E-state index contributed by atoms with van der Waals surface area (Å²) < 4.78 is 44.8. The number of benzene rings is 4. The Hall–Kier alpha value is -3.64. The topological polar surface area (TPSA) is 40.5 Å². The Morgan fingerprint density at radius 2 is 1.63 bits per heavy atom. The van der Waals surface area contributed by atoms with Crippen LogP contribution in [0.25, 0.3) is 21.9 Å². The summed E-state index contributed by atoms with van der Waals surface area (Å²) in [6, 6.07) is 26.9. The lowest BCUT2D eigenvalue weighted by atomic mass is 9.78. The average Bonchev–Trinajstić information content (AvgIpc) is 2.95. The molecular formula is C35H36F3NO2. The van der Waals surface area contributed by atoms with Gasteiger partial charge in [-0.15, -0.1) is 0 Å². The number of carboxylic acids is 1. The van der Waals surface area contributed by atoms with Gasteiger partial charge in [0.25, 0.3) is 0 Å². The number of aliphatic carboxylic acids is 1. The zero-order valence-electron chi connectivity index (χ0n) is 23.5. The van der Waals surface area contributed by atoms with E-state index in [1.165, 1.54) is 6.07 Å². The fourth-order valence-corrected chi connectivity index (χ4v) is 6.29. The molecule has 1 aliphatic heterocycles. The second-order valence-corrected chi connectivity index (χ2v) is 11.7. The van der Waals surface area contributed by atoms with Crippen molar-refractivity contribution in [1.29, 1.82) is 0 Å². The zero-order chi connectivity index (χ0) is 29.1. The zero-order valence-corrected chi connectivity index (χ0v) is 23.5. The van der Waals surface area contributed by atoms with E-state index in [1.807, 2.05) is 56.3 Å². The third-order valence-corrected chi connectivity index (χ3v) is 8.14. The SMILES string of the molecule is CC(C)CC(C(=O)O)c1cc(-c2ccccc2)cc(C2CCCN(Cc3ccc4ccccc4c3)C2)c1C(F)(F)F. The Kier molecular flexibility index (Phi) is 8.50. The molecule has 4 aromatic rings. The maximum atomic E-state index is 14.9. The molecule has 1 N–H and O–H groups in total. The number of likely N-dealkylation sites (tertiary alicyclic amines) is 1. The standard InChI is InChI=1S/C35H36F3NO2/c1-23(2)17-32(34(40)41)31-20-29(25-9-4-3-5-10-25)19-30(33(31)35(36,37)38)28-13-8-16-39(22-28)21-24-14-15-26-11-6-7-12-27(26)18-24/h3-7,9-12,14-15,18-20,23,28,32H,8,13,16-17,21-22H2,1-2H3,(H,40,41). The van der Waals surface area contributed by atoms with Crippen LogP contribution in [0.3, 0.4) is 0 Å². The van der Waals surface area contributed by atoms with Gasteiger partial charge in [0.2, 0.25) is 0 Å². The normalized spacial score (nSPS) is 17.2. The fraction of sp³-hybridized carbons (Fsp3) is 0.343. The van der Waals surface area contributed by atoms with Crippen molar-refractivity contribution in [3.05, 3.63) is 107 Å². The Bertz CT molecular complexity index is 1510. The van der Waals surface area contributed by atoms with Gasteiger partial charge in [-0.2, -0.15) is 13.2 Å². The van der Waals surface area contributed by atoms with Gasteiger partial charge in [-0.05, 0) is 88.4 Å². The van der Waals surface area contributed by atoms with Gasteiger partial charge in [0, 0.05) is 13.1 Å². The third-order valence-electron chi connectivity index (χ3n) is 8.14. The Labute approximate surface area is 239 Å². The molecule has 0 aromatic heterocycles. The predicted molar refractivity (Wildman–Crippen MR) is 158 cm³/mol. The minimum absolute atomic E-state index is 0.0758. The van der Waals surface area contributed by atoms with Gasteiger partial charge < -0.3 is 5.11 Å². The van der Waals surface area contributed by atoms with Crippen molar-refractivity contribution in [2.75, 3.05) is 13.1 Å². The molecule has 5 rings (SSSR count). The van der Waals surface area contributed by atoms with E-state index in [2.05, 4.69) is 35.2 Å². The average molecular weight is 560 g/mol. The van der Waals surface area contributed by atoms with Crippen LogP contribution in [0.4, 0.5) is 13.2 Å². The molecule has 0 radical (unpaired) electrons. The van der Waals surface area contributed by atoms with E-state index in [4.69, 9.17) is 0 Å². The summed E-state index contributed by atoms with van der Waals surface area (Å²) in [6.45, 7) is 5.63. The van der Waals surface area contributed by atoms with Gasteiger partial charge in [-0.3, -0.25) is 9.69 Å². The second-order valence-electron chi connectivity index (χ2n) is 11.7. The van der Waals surface area contributed by atoms with E-state index >= 15 is 0 Å². The van der Waals surface area contributed by atoms with Crippen LogP contribution in [0.2, 0.25) is 0 Å². The second kappa shape index (κ2) is 12.1. The molecular weight excluding hydrogens is 523 g/mol. The van der Waals surface area contributed by atoms with Crippen molar-refractivity contribution in [2.45, 2.75) is 57.7 Å². The molecule has 41 heavy (non-hydrogen) atoms. The fourth-order valence-electron chi connectivity index (χ4n) is 6.29. The molecule has 0 bridgehead atoms. The van der Waals surface area contributed by atoms with Crippen LogP contribution in [0, 0.1) is 5.92 Å². The van der Waals surface area contributed by atoms with Crippen molar-refractivity contribution in [2.24, 2.45) is 5.92 Å². The summed E-state index contributed by atoms with van der Waals surface area (Å²) in [7, 11) is 0. The number of halogens is 3. The number of hydrogen-bond acceptors (Lipinski definition) is 2. The maximum absolute atomic E-state index is 14.9. The Morgan fingerprint density at radius 1 is 0.927 bits per heavy atom. The molecule has 2 unspecified atom stereocenters. The van der Waals surface area contributed by atoms with E-state index in [1.54, 1.807) is 6.07 Å². The molecule has 0 saturated carbocycles. The van der Waals surface area contributed by atoms with Gasteiger partial charge in [-0.25, -0.2) is 0 Å². The number of nitrogens with zero attached hydrogens (tertiary/aromatic N) is 1. The molecule has 4 aromatic carbocycles. The van der Waals surface area contributed by atoms with Gasteiger partial charge >= 0.3 is 12.1 Å². The minimum atomic E-state index is -4.68. The largest absolute Gasteiger partial charge is 0.481 e. The van der Waals surface area contributed by atoms with E-state index in [9.17, 15) is 23.1 Å². The number of alkyl halides is 3. The van der Waals surface area contributed by atoms with E-state index < -0.39 is 23.6 Å². The van der Waals surface area contributed by atoms with Gasteiger partial charge in [0.05, 0.1) is 11.5 Å². The first-order valence-corrected chi connectivity index (χ1v) is 14.3. The highest BCUT2D eigenvalue weighted by Crippen LogP contribution is 2.45. The Morgan fingerprint density at radius 3 is 2.32 bits per heavy atom. The summed E-state index contributed by atoms with van der Waals surface area (Å²) in [4.78, 5) is 14.7. The van der Waals surface area contributed by atoms with Crippen LogP contribution in [-0.2, 0) is 17.5 Å². The molecule has 0 aliphatic carbocycles. The summed E-state index contributed by atoms with van der Waals surface area (Å²) >= 11 is 0. The molecule has 0 spiro atoms. The van der Waals surface area contributed by atoms with E-state index in [-0.39, 0.29) is 29.4 Å². The smallest absolute Gasteiger partial charge is 0.416 e. The molecule has 6 heteroatoms. The minimum Gasteiger partial charge on any atom is -0.481 e. The van der Waals surface area contributed by atoms with Crippen molar-refractivity contribution >= 4 is 16.7 Å². The first-order valence-electron chi connectivity index (χ1n) is 14.3. The lowest BCUT2D eigenvalue weighted by molar-refractivity contribution is -0.142. The summed E-state index contributed by atoms with van der Waals surface area (Å²) in [6.07, 6.45) is -3.15. The van der Waals surface area contributed by atoms with Crippen molar-refractivity contribution in [3.63, 3.8) is 0 Å². The summed E-state index contributed by atoms with van der Waals surface area (Å²) in [5.74, 6) is -2.90. The van der Waals surface area contributed by atoms with Crippen LogP contribution in [0.1, 0.15) is 67.2 Å². The number of piperidine rings is 1. The summed E-state index contributed by atoms with van der Waals surface area (Å²) in [5.41, 5.74) is 1.87. The number of rotatable bonds is 8. The van der Waals surface area contributed by atoms with Crippen molar-refractivity contribution in [3.8, 4) is 11.1 Å². The van der Waals surface area contributed by atoms with Crippen molar-refractivity contribution in [1.82, 2.24) is 4.90 Å². The van der Waals surface area contributed by atoms with Crippen LogP contribution in [0.15, 0.2) is 84.9 Å². The molecule has 3 nitrogen and oxygen atoms in total. The molecule has 1 saturated heterocycles. The highest BCUT2D eigenvalue weighted by Gasteiger charge is 2.42. The monoisotopic (exact) mass is 559 g/mol. The Balaban J connectivity index is 1.57. The van der Waals surface area contributed by atoms with Gasteiger partial charge in [-0.1, -0.05) is 86.6 Å². The number of hydrogen-bond donors (Lipinski definition) is 1. The molecule has 1 heterocycles. The van der Waals surface area contributed by atoms with Crippen LogP contribution in [-0.4, -0.2) is 29.1 Å². The van der Waals surface area contributed by atoms with Gasteiger partial charge in [0.15, 0.2) is 0 Å². The highest BCUT2D eigenvalue weighted by molar-refractivity contribution is 5.83. The highest BCUT2D eigenvalue weighted by atomic mass is 19.4. The summed E-state index contributed by atoms with van der Waals surface area (Å²) in [5, 5.41) is 12.4. The van der Waals surface area contributed by atoms with Crippen LogP contribution >= 0.6 is 0 Å².